The monoisotopic (exact) mass is 390 g/mol. The fraction of sp³-hybridized carbons (Fsp3) is 0.250. The van der Waals surface area contributed by atoms with Crippen LogP contribution in [-0.4, -0.2) is 30.3 Å². The number of anilines is 1. The molecule has 0 atom stereocenters. The van der Waals surface area contributed by atoms with Crippen LogP contribution in [0.3, 0.4) is 0 Å². The molecular weight excluding hydrogens is 364 g/mol. The molecule has 1 aromatic heterocycles. The molecule has 5 heteroatoms. The maximum absolute atomic E-state index is 12.4. The van der Waals surface area contributed by atoms with E-state index < -0.39 is 0 Å². The Labute approximate surface area is 171 Å². The molecule has 2 amide bonds. The standard InChI is InChI=1S/C24H26N2O3/c1-17-8-7-9-18(2)24(17)25-22(27)16-26(3)23(28)15-13-20-12-14-21(29-20)19-10-5-4-6-11-19/h4-12,14H,13,15-16H2,1-3H3,(H,25,27). The molecule has 3 aromatic rings. The molecule has 0 spiro atoms. The molecular formula is C24H26N2O3. The number of aryl methyl sites for hydroxylation is 3. The van der Waals surface area contributed by atoms with Gasteiger partial charge in [-0.25, -0.2) is 0 Å². The Morgan fingerprint density at radius 1 is 0.931 bits per heavy atom. The molecule has 1 N–H and O–H groups in total. The van der Waals surface area contributed by atoms with Crippen LogP contribution in [0.15, 0.2) is 65.1 Å². The number of hydrogen-bond acceptors (Lipinski definition) is 3. The van der Waals surface area contributed by atoms with E-state index in [4.69, 9.17) is 4.42 Å². The molecule has 2 aromatic carbocycles. The molecule has 3 rings (SSSR count). The van der Waals surface area contributed by atoms with Crippen LogP contribution in [0.2, 0.25) is 0 Å². The van der Waals surface area contributed by atoms with Gasteiger partial charge in [0.15, 0.2) is 0 Å². The number of hydrogen-bond donors (Lipinski definition) is 1. The van der Waals surface area contributed by atoms with E-state index in [-0.39, 0.29) is 24.8 Å². The van der Waals surface area contributed by atoms with Crippen molar-refractivity contribution in [2.24, 2.45) is 0 Å². The Morgan fingerprint density at radius 2 is 1.62 bits per heavy atom. The maximum atomic E-state index is 12.4. The van der Waals surface area contributed by atoms with Gasteiger partial charge in [0, 0.05) is 31.1 Å². The van der Waals surface area contributed by atoms with Crippen molar-refractivity contribution in [3.05, 3.63) is 77.6 Å². The molecule has 0 unspecified atom stereocenters. The molecule has 0 bridgehead atoms. The predicted molar refractivity (Wildman–Crippen MR) is 115 cm³/mol. The van der Waals surface area contributed by atoms with Crippen LogP contribution < -0.4 is 5.32 Å². The van der Waals surface area contributed by atoms with E-state index in [1.165, 1.54) is 4.90 Å². The Bertz CT molecular complexity index is 972. The van der Waals surface area contributed by atoms with Gasteiger partial charge in [-0.2, -0.15) is 0 Å². The molecule has 29 heavy (non-hydrogen) atoms. The van der Waals surface area contributed by atoms with Gasteiger partial charge in [0.2, 0.25) is 11.8 Å². The van der Waals surface area contributed by atoms with E-state index in [0.29, 0.717) is 6.42 Å². The van der Waals surface area contributed by atoms with E-state index in [2.05, 4.69) is 5.32 Å². The van der Waals surface area contributed by atoms with Crippen LogP contribution in [0.4, 0.5) is 5.69 Å². The molecule has 5 nitrogen and oxygen atoms in total. The Morgan fingerprint density at radius 3 is 2.31 bits per heavy atom. The smallest absolute Gasteiger partial charge is 0.243 e. The number of furan rings is 1. The summed E-state index contributed by atoms with van der Waals surface area (Å²) >= 11 is 0. The van der Waals surface area contributed by atoms with E-state index >= 15 is 0 Å². The van der Waals surface area contributed by atoms with Gasteiger partial charge < -0.3 is 14.6 Å². The first kappa shape index (κ1) is 20.4. The van der Waals surface area contributed by atoms with E-state index in [9.17, 15) is 9.59 Å². The number of rotatable bonds is 7. The second-order valence-electron chi connectivity index (χ2n) is 7.20. The minimum atomic E-state index is -0.206. The molecule has 0 aliphatic heterocycles. The number of amides is 2. The Balaban J connectivity index is 1.50. The third-order valence-electron chi connectivity index (χ3n) is 4.86. The zero-order valence-electron chi connectivity index (χ0n) is 17.1. The van der Waals surface area contributed by atoms with E-state index in [1.54, 1.807) is 7.05 Å². The summed E-state index contributed by atoms with van der Waals surface area (Å²) in [6, 6.07) is 19.5. The lowest BCUT2D eigenvalue weighted by molar-refractivity contribution is -0.133. The van der Waals surface area contributed by atoms with Crippen molar-refractivity contribution in [3.63, 3.8) is 0 Å². The van der Waals surface area contributed by atoms with Crippen molar-refractivity contribution in [3.8, 4) is 11.3 Å². The lowest BCUT2D eigenvalue weighted by Gasteiger charge is -2.18. The third kappa shape index (κ3) is 5.35. The molecule has 0 saturated heterocycles. The zero-order chi connectivity index (χ0) is 20.8. The van der Waals surface area contributed by atoms with Crippen LogP contribution >= 0.6 is 0 Å². The second kappa shape index (κ2) is 9.24. The number of carbonyl (C=O) groups excluding carboxylic acids is 2. The van der Waals surface area contributed by atoms with E-state index in [1.807, 2.05) is 74.5 Å². The Kier molecular flexibility index (Phi) is 6.50. The fourth-order valence-electron chi connectivity index (χ4n) is 3.18. The van der Waals surface area contributed by atoms with Crippen LogP contribution in [0.1, 0.15) is 23.3 Å². The summed E-state index contributed by atoms with van der Waals surface area (Å²) in [5, 5.41) is 2.91. The van der Waals surface area contributed by atoms with Gasteiger partial charge in [0.25, 0.3) is 0 Å². The van der Waals surface area contributed by atoms with Crippen molar-refractivity contribution >= 4 is 17.5 Å². The molecule has 150 valence electrons. The SMILES string of the molecule is Cc1cccc(C)c1NC(=O)CN(C)C(=O)CCc1ccc(-c2ccccc2)o1. The van der Waals surface area contributed by atoms with Gasteiger partial charge in [-0.05, 0) is 37.1 Å². The first-order valence-corrected chi connectivity index (χ1v) is 9.68. The number of benzene rings is 2. The van der Waals surface area contributed by atoms with Gasteiger partial charge >= 0.3 is 0 Å². The summed E-state index contributed by atoms with van der Waals surface area (Å²) in [7, 11) is 1.64. The zero-order valence-corrected chi connectivity index (χ0v) is 17.1. The van der Waals surface area contributed by atoms with Gasteiger partial charge in [-0.1, -0.05) is 48.5 Å². The number of likely N-dealkylation sites (N-methyl/N-ethyl adjacent to an activating group) is 1. The largest absolute Gasteiger partial charge is 0.461 e. The minimum absolute atomic E-state index is 0.0139. The summed E-state index contributed by atoms with van der Waals surface area (Å²) in [5.41, 5.74) is 3.81. The lowest BCUT2D eigenvalue weighted by Crippen LogP contribution is -2.35. The van der Waals surface area contributed by atoms with Crippen molar-refractivity contribution in [2.75, 3.05) is 18.9 Å². The molecule has 0 fully saturated rings. The highest BCUT2D eigenvalue weighted by atomic mass is 16.3. The average molecular weight is 390 g/mol. The number of nitrogens with one attached hydrogen (secondary N) is 1. The van der Waals surface area contributed by atoms with Crippen molar-refractivity contribution in [1.82, 2.24) is 4.90 Å². The van der Waals surface area contributed by atoms with Crippen molar-refractivity contribution in [1.29, 1.82) is 0 Å². The second-order valence-corrected chi connectivity index (χ2v) is 7.20. The highest BCUT2D eigenvalue weighted by Crippen LogP contribution is 2.22. The van der Waals surface area contributed by atoms with Gasteiger partial charge in [-0.3, -0.25) is 9.59 Å². The normalized spacial score (nSPS) is 10.6. The van der Waals surface area contributed by atoms with Gasteiger partial charge in [0.05, 0.1) is 6.54 Å². The molecule has 0 aliphatic carbocycles. The summed E-state index contributed by atoms with van der Waals surface area (Å²) < 4.78 is 5.84. The van der Waals surface area contributed by atoms with Crippen LogP contribution in [0.5, 0.6) is 0 Å². The summed E-state index contributed by atoms with van der Waals surface area (Å²) in [6.45, 7) is 3.91. The van der Waals surface area contributed by atoms with Crippen molar-refractivity contribution in [2.45, 2.75) is 26.7 Å². The third-order valence-corrected chi connectivity index (χ3v) is 4.86. The summed E-state index contributed by atoms with van der Waals surface area (Å²) in [4.78, 5) is 26.2. The number of para-hydroxylation sites is 1. The first-order valence-electron chi connectivity index (χ1n) is 9.68. The summed E-state index contributed by atoms with van der Waals surface area (Å²) in [5.74, 6) is 1.24. The highest BCUT2D eigenvalue weighted by molar-refractivity contribution is 5.95. The first-order chi connectivity index (χ1) is 13.9. The highest BCUT2D eigenvalue weighted by Gasteiger charge is 2.15. The van der Waals surface area contributed by atoms with Gasteiger partial charge in [0.1, 0.15) is 11.5 Å². The van der Waals surface area contributed by atoms with Crippen molar-refractivity contribution < 1.29 is 14.0 Å². The number of nitrogens with zero attached hydrogens (tertiary/aromatic N) is 1. The molecule has 0 radical (unpaired) electrons. The lowest BCUT2D eigenvalue weighted by atomic mass is 10.1. The molecule has 1 heterocycles. The quantitative estimate of drug-likeness (QED) is 0.642. The van der Waals surface area contributed by atoms with Crippen LogP contribution in [-0.2, 0) is 16.0 Å². The molecule has 0 aliphatic rings. The molecule has 0 saturated carbocycles. The Hall–Kier alpha value is -3.34. The topological polar surface area (TPSA) is 62.6 Å². The van der Waals surface area contributed by atoms with Crippen LogP contribution in [0.25, 0.3) is 11.3 Å². The van der Waals surface area contributed by atoms with Crippen LogP contribution in [0, 0.1) is 13.8 Å². The predicted octanol–water partition coefficient (Wildman–Crippen LogP) is 4.59. The average Bonchev–Trinajstić information content (AvgIpc) is 3.19. The fourth-order valence-corrected chi connectivity index (χ4v) is 3.18. The number of carbonyl (C=O) groups is 2. The maximum Gasteiger partial charge on any atom is 0.243 e. The van der Waals surface area contributed by atoms with Gasteiger partial charge in [-0.15, -0.1) is 0 Å². The minimum Gasteiger partial charge on any atom is -0.461 e. The van der Waals surface area contributed by atoms with E-state index in [0.717, 1.165) is 33.9 Å². The summed E-state index contributed by atoms with van der Waals surface area (Å²) in [6.07, 6.45) is 0.781.